The number of nitrogens with two attached hydrogens (primary N) is 1. The van der Waals surface area contributed by atoms with E-state index in [0.717, 1.165) is 18.2 Å². The van der Waals surface area contributed by atoms with Gasteiger partial charge in [-0.15, -0.1) is 0 Å². The summed E-state index contributed by atoms with van der Waals surface area (Å²) in [6.45, 7) is 0. The van der Waals surface area contributed by atoms with Crippen LogP contribution < -0.4 is 10.6 Å². The van der Waals surface area contributed by atoms with Crippen LogP contribution in [-0.4, -0.2) is 15.9 Å². The molecule has 5 nitrogen and oxygen atoms in total. The number of hydrogen-bond acceptors (Lipinski definition) is 4. The minimum atomic E-state index is -4.51. The Morgan fingerprint density at radius 1 is 0.974 bits per heavy atom. The summed E-state index contributed by atoms with van der Waals surface area (Å²) in [5, 5.41) is 0. The molecule has 1 saturated carbocycles. The lowest BCUT2D eigenvalue weighted by Crippen LogP contribution is -2.30. The van der Waals surface area contributed by atoms with Crippen LogP contribution >= 0.6 is 0 Å². The van der Waals surface area contributed by atoms with Gasteiger partial charge in [0.2, 0.25) is 5.91 Å². The molecule has 1 aliphatic heterocycles. The second kappa shape index (κ2) is 8.34. The molecular formula is C28H19F5N4O. The molecule has 38 heavy (non-hydrogen) atoms. The second-order valence-corrected chi connectivity index (χ2v) is 9.61. The first-order chi connectivity index (χ1) is 18.1. The maximum Gasteiger partial charge on any atom is 0.416 e. The van der Waals surface area contributed by atoms with Crippen molar-refractivity contribution in [2.75, 3.05) is 10.6 Å². The van der Waals surface area contributed by atoms with Crippen LogP contribution in [-0.2, 0) is 22.8 Å². The third-order valence-electron chi connectivity index (χ3n) is 7.21. The van der Waals surface area contributed by atoms with Crippen molar-refractivity contribution < 1.29 is 26.7 Å². The van der Waals surface area contributed by atoms with E-state index in [9.17, 15) is 26.7 Å². The Kier molecular flexibility index (Phi) is 5.27. The number of halogens is 5. The zero-order chi connectivity index (χ0) is 26.8. The van der Waals surface area contributed by atoms with E-state index in [0.29, 0.717) is 34.4 Å². The van der Waals surface area contributed by atoms with Crippen LogP contribution in [0.3, 0.4) is 0 Å². The number of rotatable bonds is 4. The van der Waals surface area contributed by atoms with Crippen molar-refractivity contribution in [3.05, 3.63) is 101 Å². The van der Waals surface area contributed by atoms with E-state index in [1.807, 2.05) is 0 Å². The third kappa shape index (κ3) is 3.87. The van der Waals surface area contributed by atoms with Crippen LogP contribution in [0.5, 0.6) is 0 Å². The number of benzene rings is 3. The lowest BCUT2D eigenvalue weighted by molar-refractivity contribution is -0.137. The molecule has 1 aromatic heterocycles. The molecule has 1 aliphatic carbocycles. The predicted octanol–water partition coefficient (Wildman–Crippen LogP) is 6.20. The van der Waals surface area contributed by atoms with E-state index >= 15 is 0 Å². The van der Waals surface area contributed by atoms with Gasteiger partial charge in [0.25, 0.3) is 0 Å². The van der Waals surface area contributed by atoms with Crippen molar-refractivity contribution in [2.45, 2.75) is 24.4 Å². The average molecular weight is 522 g/mol. The molecule has 3 aromatic carbocycles. The molecule has 6 rings (SSSR count). The number of nitrogen functional groups attached to an aromatic ring is 1. The minimum Gasteiger partial charge on any atom is -0.382 e. The smallest absolute Gasteiger partial charge is 0.382 e. The summed E-state index contributed by atoms with van der Waals surface area (Å²) in [6.07, 6.45) is -1.12. The van der Waals surface area contributed by atoms with E-state index in [1.165, 1.54) is 35.5 Å². The summed E-state index contributed by atoms with van der Waals surface area (Å²) >= 11 is 0. The molecule has 1 fully saturated rings. The fourth-order valence-corrected chi connectivity index (χ4v) is 5.45. The SMILES string of the molecule is Nc1cncc(N2C(=O)C3(CC3Cc3cc(F)cc(F)c3)c3cc(-c4cccc(C(F)(F)F)c4)ccc32)n1. The van der Waals surface area contributed by atoms with Gasteiger partial charge in [0.1, 0.15) is 17.5 Å². The zero-order valence-corrected chi connectivity index (χ0v) is 19.6. The van der Waals surface area contributed by atoms with Crippen LogP contribution in [0.1, 0.15) is 23.1 Å². The highest BCUT2D eigenvalue weighted by atomic mass is 19.4. The largest absolute Gasteiger partial charge is 0.416 e. The third-order valence-corrected chi connectivity index (χ3v) is 7.21. The van der Waals surface area contributed by atoms with Crippen LogP contribution in [0.25, 0.3) is 11.1 Å². The molecule has 2 heterocycles. The van der Waals surface area contributed by atoms with Crippen molar-refractivity contribution in [1.82, 2.24) is 9.97 Å². The first kappa shape index (κ1) is 24.0. The number of aromatic nitrogens is 2. The van der Waals surface area contributed by atoms with Crippen molar-refractivity contribution in [1.29, 1.82) is 0 Å². The summed E-state index contributed by atoms with van der Waals surface area (Å²) < 4.78 is 67.7. The van der Waals surface area contributed by atoms with Crippen LogP contribution in [0.15, 0.2) is 73.1 Å². The molecule has 0 radical (unpaired) electrons. The van der Waals surface area contributed by atoms with Crippen molar-refractivity contribution in [3.63, 3.8) is 0 Å². The van der Waals surface area contributed by atoms with Gasteiger partial charge < -0.3 is 5.73 Å². The van der Waals surface area contributed by atoms with E-state index in [4.69, 9.17) is 5.73 Å². The molecule has 1 spiro atoms. The van der Waals surface area contributed by atoms with Gasteiger partial charge in [-0.1, -0.05) is 18.2 Å². The van der Waals surface area contributed by atoms with Crippen molar-refractivity contribution in [2.24, 2.45) is 5.92 Å². The number of nitrogens with zero attached hydrogens (tertiary/aromatic N) is 3. The van der Waals surface area contributed by atoms with Crippen molar-refractivity contribution >= 4 is 23.2 Å². The highest BCUT2D eigenvalue weighted by Gasteiger charge is 2.67. The van der Waals surface area contributed by atoms with Crippen molar-refractivity contribution in [3.8, 4) is 11.1 Å². The quantitative estimate of drug-likeness (QED) is 0.324. The number of carbonyl (C=O) groups is 1. The maximum absolute atomic E-state index is 13.9. The number of anilines is 3. The van der Waals surface area contributed by atoms with Gasteiger partial charge in [-0.25, -0.2) is 13.8 Å². The van der Waals surface area contributed by atoms with Gasteiger partial charge in [-0.3, -0.25) is 14.7 Å². The van der Waals surface area contributed by atoms with E-state index < -0.39 is 28.8 Å². The van der Waals surface area contributed by atoms with Crippen LogP contribution in [0, 0.1) is 17.6 Å². The molecule has 0 bridgehead atoms. The molecule has 1 amide bonds. The van der Waals surface area contributed by atoms with E-state index in [2.05, 4.69) is 9.97 Å². The molecule has 2 aliphatic rings. The van der Waals surface area contributed by atoms with E-state index in [1.54, 1.807) is 24.3 Å². The Labute approximate surface area is 213 Å². The topological polar surface area (TPSA) is 72.1 Å². The van der Waals surface area contributed by atoms with Gasteiger partial charge >= 0.3 is 6.18 Å². The Bertz CT molecular complexity index is 1580. The summed E-state index contributed by atoms with van der Waals surface area (Å²) in [5.74, 6) is -1.68. The first-order valence-electron chi connectivity index (χ1n) is 11.8. The number of amides is 1. The molecule has 4 aromatic rings. The predicted molar refractivity (Wildman–Crippen MR) is 130 cm³/mol. The number of alkyl halides is 3. The first-order valence-corrected chi connectivity index (χ1v) is 11.8. The Morgan fingerprint density at radius 3 is 2.42 bits per heavy atom. The zero-order valence-electron chi connectivity index (χ0n) is 19.6. The normalized spacial score (nSPS) is 20.2. The van der Waals surface area contributed by atoms with Gasteiger partial charge in [0.15, 0.2) is 5.82 Å². The molecule has 2 unspecified atom stereocenters. The van der Waals surface area contributed by atoms with Gasteiger partial charge in [-0.05, 0) is 77.4 Å². The molecule has 0 saturated heterocycles. The highest BCUT2D eigenvalue weighted by molar-refractivity contribution is 6.15. The standard InChI is InChI=1S/C28H19F5N4O/c29-20-7-15(8-21(30)11-20)6-19-12-27(19)22-10-17(16-2-1-3-18(9-16)28(31,32)33)4-5-23(22)37(26(27)38)25-14-35-13-24(34)36-25/h1-5,7-11,13-14,19H,6,12H2,(H2,34,36). The molecule has 2 N–H and O–H groups in total. The Balaban J connectivity index is 1.46. The molecule has 2 atom stereocenters. The maximum atomic E-state index is 13.9. The molecule has 192 valence electrons. The fraction of sp³-hybridized carbons (Fsp3) is 0.179. The van der Waals surface area contributed by atoms with Crippen LogP contribution in [0.4, 0.5) is 39.3 Å². The molecule has 10 heteroatoms. The summed E-state index contributed by atoms with van der Waals surface area (Å²) in [6, 6.07) is 13.2. The summed E-state index contributed by atoms with van der Waals surface area (Å²) in [5.41, 5.74) is 6.39. The fourth-order valence-electron chi connectivity index (χ4n) is 5.45. The minimum absolute atomic E-state index is 0.112. The van der Waals surface area contributed by atoms with Gasteiger partial charge in [0, 0.05) is 6.07 Å². The second-order valence-electron chi connectivity index (χ2n) is 9.61. The highest BCUT2D eigenvalue weighted by Crippen LogP contribution is 2.64. The lowest BCUT2D eigenvalue weighted by atomic mass is 9.90. The van der Waals surface area contributed by atoms with Gasteiger partial charge in [-0.2, -0.15) is 13.2 Å². The lowest BCUT2D eigenvalue weighted by Gasteiger charge is -2.17. The number of hydrogen-bond donors (Lipinski definition) is 1. The summed E-state index contributed by atoms with van der Waals surface area (Å²) in [4.78, 5) is 23.6. The number of carbonyl (C=O) groups excluding carboxylic acids is 1. The number of fused-ring (bicyclic) bond motifs is 2. The Hall–Kier alpha value is -4.34. The van der Waals surface area contributed by atoms with Gasteiger partial charge in [0.05, 0.1) is 29.1 Å². The van der Waals surface area contributed by atoms with Crippen LogP contribution in [0.2, 0.25) is 0 Å². The summed E-state index contributed by atoms with van der Waals surface area (Å²) in [7, 11) is 0. The van der Waals surface area contributed by atoms with E-state index in [-0.39, 0.29) is 29.9 Å². The molecular weight excluding hydrogens is 503 g/mol. The Morgan fingerprint density at radius 2 is 1.71 bits per heavy atom. The monoisotopic (exact) mass is 522 g/mol. The average Bonchev–Trinajstić information content (AvgIpc) is 3.51.